The third-order valence-corrected chi connectivity index (χ3v) is 4.95. The first kappa shape index (κ1) is 15.8. The molecule has 1 saturated carbocycles. The van der Waals surface area contributed by atoms with E-state index in [0.717, 1.165) is 25.6 Å². The van der Waals surface area contributed by atoms with Crippen molar-refractivity contribution in [1.29, 1.82) is 0 Å². The van der Waals surface area contributed by atoms with Crippen molar-refractivity contribution >= 4 is 5.91 Å². The van der Waals surface area contributed by atoms with Crippen LogP contribution in [0, 0.1) is 5.92 Å². The second-order valence-electron chi connectivity index (χ2n) is 6.51. The molecule has 1 unspecified atom stereocenters. The number of carbonyl (C=O) groups is 1. The Labute approximate surface area is 123 Å². The number of hydrogen-bond acceptors (Lipinski definition) is 3. The fourth-order valence-electron chi connectivity index (χ4n) is 3.65. The molecule has 0 aromatic carbocycles. The van der Waals surface area contributed by atoms with Crippen LogP contribution >= 0.6 is 0 Å². The predicted octanol–water partition coefficient (Wildman–Crippen LogP) is 1.76. The van der Waals surface area contributed by atoms with E-state index in [4.69, 9.17) is 0 Å². The normalized spacial score (nSPS) is 23.9. The number of nitrogens with zero attached hydrogens (tertiary/aromatic N) is 1. The van der Waals surface area contributed by atoms with Crippen LogP contribution in [0.15, 0.2) is 0 Å². The average molecular weight is 281 g/mol. The fourth-order valence-corrected chi connectivity index (χ4v) is 3.65. The van der Waals surface area contributed by atoms with Crippen molar-refractivity contribution in [1.82, 2.24) is 15.5 Å². The number of carbonyl (C=O) groups excluding carboxylic acids is 1. The SMILES string of the molecule is CCNC(C)C1CCN(CC(=O)NC2CCCC2)CC1. The summed E-state index contributed by atoms with van der Waals surface area (Å²) in [7, 11) is 0. The highest BCUT2D eigenvalue weighted by Crippen LogP contribution is 2.21. The van der Waals surface area contributed by atoms with Crippen molar-refractivity contribution in [3.8, 4) is 0 Å². The molecule has 1 aliphatic carbocycles. The molecule has 116 valence electrons. The lowest BCUT2D eigenvalue weighted by molar-refractivity contribution is -0.123. The lowest BCUT2D eigenvalue weighted by Crippen LogP contribution is -2.46. The lowest BCUT2D eigenvalue weighted by Gasteiger charge is -2.34. The summed E-state index contributed by atoms with van der Waals surface area (Å²) < 4.78 is 0. The van der Waals surface area contributed by atoms with E-state index >= 15 is 0 Å². The third-order valence-electron chi connectivity index (χ3n) is 4.95. The summed E-state index contributed by atoms with van der Waals surface area (Å²) in [5, 5.41) is 6.71. The predicted molar refractivity (Wildman–Crippen MR) is 82.7 cm³/mol. The zero-order valence-electron chi connectivity index (χ0n) is 13.2. The van der Waals surface area contributed by atoms with Gasteiger partial charge in [-0.15, -0.1) is 0 Å². The summed E-state index contributed by atoms with van der Waals surface area (Å²) in [6.45, 7) is 8.23. The highest BCUT2D eigenvalue weighted by atomic mass is 16.2. The van der Waals surface area contributed by atoms with Gasteiger partial charge in [0.1, 0.15) is 0 Å². The average Bonchev–Trinajstić information content (AvgIpc) is 2.92. The van der Waals surface area contributed by atoms with Crippen molar-refractivity contribution in [2.24, 2.45) is 5.92 Å². The Morgan fingerprint density at radius 2 is 1.85 bits per heavy atom. The molecule has 1 saturated heterocycles. The van der Waals surface area contributed by atoms with Crippen LogP contribution in [-0.4, -0.2) is 49.1 Å². The Kier molecular flexibility index (Phi) is 6.30. The van der Waals surface area contributed by atoms with Gasteiger partial charge in [0, 0.05) is 12.1 Å². The molecular weight excluding hydrogens is 250 g/mol. The van der Waals surface area contributed by atoms with Crippen LogP contribution in [0.4, 0.5) is 0 Å². The van der Waals surface area contributed by atoms with Crippen LogP contribution < -0.4 is 10.6 Å². The van der Waals surface area contributed by atoms with Crippen LogP contribution in [0.25, 0.3) is 0 Å². The molecule has 0 aromatic heterocycles. The van der Waals surface area contributed by atoms with E-state index in [1.807, 2.05) is 0 Å². The Bertz CT molecular complexity index is 294. The van der Waals surface area contributed by atoms with Gasteiger partial charge in [-0.05, 0) is 58.2 Å². The van der Waals surface area contributed by atoms with Crippen LogP contribution in [0.1, 0.15) is 52.4 Å². The molecule has 20 heavy (non-hydrogen) atoms. The Hall–Kier alpha value is -0.610. The van der Waals surface area contributed by atoms with Gasteiger partial charge in [0.2, 0.25) is 5.91 Å². The maximum absolute atomic E-state index is 12.0. The van der Waals surface area contributed by atoms with Crippen molar-refractivity contribution in [2.75, 3.05) is 26.2 Å². The van der Waals surface area contributed by atoms with Crippen molar-refractivity contribution in [3.63, 3.8) is 0 Å². The zero-order valence-corrected chi connectivity index (χ0v) is 13.2. The second-order valence-corrected chi connectivity index (χ2v) is 6.51. The number of likely N-dealkylation sites (tertiary alicyclic amines) is 1. The summed E-state index contributed by atoms with van der Waals surface area (Å²) in [4.78, 5) is 14.3. The van der Waals surface area contributed by atoms with Crippen LogP contribution in [-0.2, 0) is 4.79 Å². The monoisotopic (exact) mass is 281 g/mol. The molecule has 2 rings (SSSR count). The van der Waals surface area contributed by atoms with Gasteiger partial charge in [-0.2, -0.15) is 0 Å². The summed E-state index contributed by atoms with van der Waals surface area (Å²) in [6, 6.07) is 1.06. The third kappa shape index (κ3) is 4.74. The largest absolute Gasteiger partial charge is 0.352 e. The van der Waals surface area contributed by atoms with Gasteiger partial charge in [0.25, 0.3) is 0 Å². The Balaban J connectivity index is 1.64. The van der Waals surface area contributed by atoms with Gasteiger partial charge in [-0.25, -0.2) is 0 Å². The molecule has 4 nitrogen and oxygen atoms in total. The minimum absolute atomic E-state index is 0.232. The summed E-state index contributed by atoms with van der Waals surface area (Å²) in [5.41, 5.74) is 0. The highest BCUT2D eigenvalue weighted by molar-refractivity contribution is 5.78. The first-order valence-electron chi connectivity index (χ1n) is 8.44. The quantitative estimate of drug-likeness (QED) is 0.780. The van der Waals surface area contributed by atoms with E-state index in [-0.39, 0.29) is 5.91 Å². The van der Waals surface area contributed by atoms with E-state index < -0.39 is 0 Å². The second kappa shape index (κ2) is 7.99. The molecular formula is C16H31N3O. The molecule has 4 heteroatoms. The van der Waals surface area contributed by atoms with Gasteiger partial charge >= 0.3 is 0 Å². The minimum atomic E-state index is 0.232. The summed E-state index contributed by atoms with van der Waals surface area (Å²) >= 11 is 0. The van der Waals surface area contributed by atoms with Gasteiger partial charge in [0.15, 0.2) is 0 Å². The maximum Gasteiger partial charge on any atom is 0.234 e. The molecule has 1 amide bonds. The molecule has 0 spiro atoms. The fraction of sp³-hybridized carbons (Fsp3) is 0.938. The number of nitrogens with one attached hydrogen (secondary N) is 2. The van der Waals surface area contributed by atoms with E-state index in [1.165, 1.54) is 38.5 Å². The molecule has 1 aliphatic heterocycles. The molecule has 0 aromatic rings. The molecule has 0 bridgehead atoms. The highest BCUT2D eigenvalue weighted by Gasteiger charge is 2.25. The summed E-state index contributed by atoms with van der Waals surface area (Å²) in [5.74, 6) is 0.999. The van der Waals surface area contributed by atoms with Gasteiger partial charge in [-0.3, -0.25) is 9.69 Å². The standard InChI is InChI=1S/C16H31N3O/c1-3-17-13(2)14-8-10-19(11-9-14)12-16(20)18-15-6-4-5-7-15/h13-15,17H,3-12H2,1-2H3,(H,18,20). The zero-order chi connectivity index (χ0) is 14.4. The van der Waals surface area contributed by atoms with E-state index in [2.05, 4.69) is 29.4 Å². The van der Waals surface area contributed by atoms with Gasteiger partial charge in [0.05, 0.1) is 6.54 Å². The van der Waals surface area contributed by atoms with Crippen molar-refractivity contribution < 1.29 is 4.79 Å². The molecule has 2 aliphatic rings. The minimum Gasteiger partial charge on any atom is -0.352 e. The van der Waals surface area contributed by atoms with Crippen LogP contribution in [0.3, 0.4) is 0 Å². The van der Waals surface area contributed by atoms with E-state index in [0.29, 0.717) is 18.6 Å². The number of rotatable bonds is 6. The summed E-state index contributed by atoms with van der Waals surface area (Å²) in [6.07, 6.45) is 7.33. The smallest absolute Gasteiger partial charge is 0.234 e. The number of hydrogen-bond donors (Lipinski definition) is 2. The number of amides is 1. The Morgan fingerprint density at radius 3 is 2.45 bits per heavy atom. The molecule has 0 radical (unpaired) electrons. The van der Waals surface area contributed by atoms with Crippen LogP contribution in [0.2, 0.25) is 0 Å². The topological polar surface area (TPSA) is 44.4 Å². The Morgan fingerprint density at radius 1 is 1.20 bits per heavy atom. The molecule has 1 heterocycles. The van der Waals surface area contributed by atoms with E-state index in [9.17, 15) is 4.79 Å². The van der Waals surface area contributed by atoms with Gasteiger partial charge < -0.3 is 10.6 Å². The molecule has 1 atom stereocenters. The van der Waals surface area contributed by atoms with Crippen molar-refractivity contribution in [3.05, 3.63) is 0 Å². The maximum atomic E-state index is 12.0. The first-order chi connectivity index (χ1) is 9.69. The van der Waals surface area contributed by atoms with E-state index in [1.54, 1.807) is 0 Å². The lowest BCUT2D eigenvalue weighted by atomic mass is 9.90. The van der Waals surface area contributed by atoms with Gasteiger partial charge in [-0.1, -0.05) is 19.8 Å². The number of piperidine rings is 1. The van der Waals surface area contributed by atoms with Crippen molar-refractivity contribution in [2.45, 2.75) is 64.5 Å². The molecule has 2 fully saturated rings. The first-order valence-corrected chi connectivity index (χ1v) is 8.44. The molecule has 2 N–H and O–H groups in total. The van der Waals surface area contributed by atoms with Crippen LogP contribution in [0.5, 0.6) is 0 Å².